The van der Waals surface area contributed by atoms with Crippen LogP contribution < -0.4 is 15.4 Å². The van der Waals surface area contributed by atoms with Gasteiger partial charge in [0.25, 0.3) is 11.8 Å². The van der Waals surface area contributed by atoms with Gasteiger partial charge in [0.1, 0.15) is 11.6 Å². The van der Waals surface area contributed by atoms with E-state index in [1.807, 2.05) is 0 Å². The zero-order chi connectivity index (χ0) is 21.7. The summed E-state index contributed by atoms with van der Waals surface area (Å²) in [5.74, 6) is -1.37. The predicted molar refractivity (Wildman–Crippen MR) is 104 cm³/mol. The molecule has 3 saturated carbocycles. The molecule has 0 spiro atoms. The Hall–Kier alpha value is -2.59. The molecule has 0 atom stereocenters. The van der Waals surface area contributed by atoms with Crippen LogP contribution in [0.1, 0.15) is 29.8 Å². The van der Waals surface area contributed by atoms with E-state index in [2.05, 4.69) is 10.6 Å². The molecule has 2 amide bonds. The molecule has 1 aromatic carbocycles. The predicted octanol–water partition coefficient (Wildman–Crippen LogP) is 2.08. The standard InChI is InChI=1S/C19H18ClFN2O6S/c1-30(26,27)16-5-4-14(29-16)17(25)23-19-8-18(9-19,10-19)22-15(24)7-28-11-2-3-12(20)13(21)6-11/h2-6H,7-10H2,1H3,(H,22,24)(H,23,25). The van der Waals surface area contributed by atoms with Crippen LogP contribution in [0.3, 0.4) is 0 Å². The number of hydrogen-bond acceptors (Lipinski definition) is 6. The Kier molecular flexibility index (Phi) is 4.81. The third kappa shape index (κ3) is 3.89. The molecule has 5 rings (SSSR count). The minimum atomic E-state index is -3.53. The number of halogens is 2. The maximum atomic E-state index is 13.4. The maximum Gasteiger partial charge on any atom is 0.287 e. The number of carbonyl (C=O) groups excluding carboxylic acids is 2. The molecule has 2 N–H and O–H groups in total. The van der Waals surface area contributed by atoms with Gasteiger partial charge in [-0.15, -0.1) is 0 Å². The molecule has 0 radical (unpaired) electrons. The number of sulfone groups is 1. The van der Waals surface area contributed by atoms with Crippen molar-refractivity contribution < 1.29 is 31.6 Å². The first kappa shape index (κ1) is 20.7. The quantitative estimate of drug-likeness (QED) is 0.659. The zero-order valence-electron chi connectivity index (χ0n) is 15.8. The van der Waals surface area contributed by atoms with Crippen LogP contribution in [0, 0.1) is 5.82 Å². The van der Waals surface area contributed by atoms with E-state index in [9.17, 15) is 22.4 Å². The summed E-state index contributed by atoms with van der Waals surface area (Å²) in [6.07, 6.45) is 2.64. The first-order valence-corrected chi connectivity index (χ1v) is 11.3. The second-order valence-corrected chi connectivity index (χ2v) is 10.2. The van der Waals surface area contributed by atoms with Gasteiger partial charge in [-0.25, -0.2) is 12.8 Å². The molecule has 0 aliphatic heterocycles. The van der Waals surface area contributed by atoms with Crippen LogP contribution in [-0.4, -0.2) is 44.2 Å². The molecule has 30 heavy (non-hydrogen) atoms. The lowest BCUT2D eigenvalue weighted by atomic mass is 9.44. The highest BCUT2D eigenvalue weighted by Crippen LogP contribution is 2.60. The lowest BCUT2D eigenvalue weighted by Gasteiger charge is -2.70. The van der Waals surface area contributed by atoms with E-state index < -0.39 is 32.6 Å². The molecule has 1 aromatic heterocycles. The summed E-state index contributed by atoms with van der Waals surface area (Å²) in [5.41, 5.74) is -0.845. The third-order valence-electron chi connectivity index (χ3n) is 5.25. The number of furan rings is 1. The Balaban J connectivity index is 1.25. The summed E-state index contributed by atoms with van der Waals surface area (Å²) < 4.78 is 46.7. The highest BCUT2D eigenvalue weighted by Gasteiger charge is 2.69. The molecule has 2 bridgehead atoms. The molecule has 3 aliphatic carbocycles. The lowest BCUT2D eigenvalue weighted by molar-refractivity contribution is -0.141. The van der Waals surface area contributed by atoms with Crippen molar-refractivity contribution in [1.29, 1.82) is 0 Å². The fourth-order valence-electron chi connectivity index (χ4n) is 4.04. The zero-order valence-corrected chi connectivity index (χ0v) is 17.4. The minimum Gasteiger partial charge on any atom is -0.484 e. The minimum absolute atomic E-state index is 0.0323. The normalized spacial score (nSPS) is 24.4. The van der Waals surface area contributed by atoms with Crippen molar-refractivity contribution in [2.75, 3.05) is 12.9 Å². The molecule has 160 valence electrons. The first-order valence-electron chi connectivity index (χ1n) is 9.01. The Morgan fingerprint density at radius 3 is 2.43 bits per heavy atom. The molecule has 3 fully saturated rings. The molecular weight excluding hydrogens is 439 g/mol. The molecular formula is C19H18ClFN2O6S. The number of amides is 2. The van der Waals surface area contributed by atoms with Crippen LogP contribution in [0.25, 0.3) is 0 Å². The van der Waals surface area contributed by atoms with Crippen LogP contribution in [-0.2, 0) is 14.6 Å². The van der Waals surface area contributed by atoms with Gasteiger partial charge in [-0.2, -0.15) is 0 Å². The van der Waals surface area contributed by atoms with E-state index in [1.165, 1.54) is 24.3 Å². The van der Waals surface area contributed by atoms with Crippen LogP contribution in [0.5, 0.6) is 5.75 Å². The summed E-state index contributed by atoms with van der Waals surface area (Å²) in [5, 5.41) is 5.42. The highest BCUT2D eigenvalue weighted by atomic mass is 35.5. The number of hydrogen-bond donors (Lipinski definition) is 2. The Morgan fingerprint density at radius 1 is 1.17 bits per heavy atom. The van der Waals surface area contributed by atoms with Crippen molar-refractivity contribution in [2.45, 2.75) is 35.4 Å². The SMILES string of the molecule is CS(=O)(=O)c1ccc(C(=O)NC23CC(NC(=O)COc4ccc(Cl)c(F)c4)(C2)C3)o1. The molecule has 0 unspecified atom stereocenters. The molecule has 0 saturated heterocycles. The highest BCUT2D eigenvalue weighted by molar-refractivity contribution is 7.90. The van der Waals surface area contributed by atoms with Crippen LogP contribution in [0.15, 0.2) is 39.8 Å². The fraction of sp³-hybridized carbons (Fsp3) is 0.368. The fourth-order valence-corrected chi connectivity index (χ4v) is 4.72. The number of carbonyl (C=O) groups is 2. The second kappa shape index (κ2) is 6.98. The number of rotatable bonds is 7. The Labute approximate surface area is 176 Å². The van der Waals surface area contributed by atoms with E-state index in [-0.39, 0.29) is 34.1 Å². The molecule has 1 heterocycles. The largest absolute Gasteiger partial charge is 0.484 e. The average Bonchev–Trinajstić information content (AvgIpc) is 3.10. The van der Waals surface area contributed by atoms with Gasteiger partial charge in [-0.1, -0.05) is 11.6 Å². The third-order valence-corrected chi connectivity index (χ3v) is 6.50. The van der Waals surface area contributed by atoms with Crippen molar-refractivity contribution in [3.63, 3.8) is 0 Å². The van der Waals surface area contributed by atoms with E-state index in [0.29, 0.717) is 19.3 Å². The maximum absolute atomic E-state index is 13.4. The molecule has 2 aromatic rings. The van der Waals surface area contributed by atoms with E-state index in [4.69, 9.17) is 20.8 Å². The topological polar surface area (TPSA) is 115 Å². The monoisotopic (exact) mass is 456 g/mol. The van der Waals surface area contributed by atoms with Gasteiger partial charge in [-0.05, 0) is 43.5 Å². The first-order chi connectivity index (χ1) is 14.0. The van der Waals surface area contributed by atoms with E-state index in [1.54, 1.807) is 0 Å². The van der Waals surface area contributed by atoms with Gasteiger partial charge in [-0.3, -0.25) is 9.59 Å². The van der Waals surface area contributed by atoms with E-state index >= 15 is 0 Å². The van der Waals surface area contributed by atoms with Gasteiger partial charge >= 0.3 is 0 Å². The molecule has 8 nitrogen and oxygen atoms in total. The smallest absolute Gasteiger partial charge is 0.287 e. The van der Waals surface area contributed by atoms with Crippen LogP contribution in [0.4, 0.5) is 4.39 Å². The number of benzene rings is 1. The van der Waals surface area contributed by atoms with Crippen molar-refractivity contribution in [1.82, 2.24) is 10.6 Å². The van der Waals surface area contributed by atoms with Crippen LogP contribution >= 0.6 is 11.6 Å². The van der Waals surface area contributed by atoms with Gasteiger partial charge in [0.15, 0.2) is 12.4 Å². The number of nitrogens with one attached hydrogen (secondary N) is 2. The second-order valence-electron chi connectivity index (χ2n) is 7.85. The summed E-state index contributed by atoms with van der Waals surface area (Å²) in [4.78, 5) is 24.4. The van der Waals surface area contributed by atoms with Crippen molar-refractivity contribution in [3.05, 3.63) is 46.9 Å². The summed E-state index contributed by atoms with van der Waals surface area (Å²) in [7, 11) is -3.53. The van der Waals surface area contributed by atoms with Gasteiger partial charge in [0.05, 0.1) is 5.02 Å². The summed E-state index contributed by atoms with van der Waals surface area (Å²) in [6, 6.07) is 6.46. The van der Waals surface area contributed by atoms with Crippen LogP contribution in [0.2, 0.25) is 5.02 Å². The van der Waals surface area contributed by atoms with Crippen molar-refractivity contribution >= 4 is 33.3 Å². The Bertz CT molecular complexity index is 1130. The Morgan fingerprint density at radius 2 is 1.83 bits per heavy atom. The summed E-state index contributed by atoms with van der Waals surface area (Å²) >= 11 is 5.60. The summed E-state index contributed by atoms with van der Waals surface area (Å²) in [6.45, 7) is -0.275. The van der Waals surface area contributed by atoms with Crippen molar-refractivity contribution in [3.8, 4) is 5.75 Å². The average molecular weight is 457 g/mol. The van der Waals surface area contributed by atoms with Gasteiger partial charge in [0, 0.05) is 23.4 Å². The molecule has 11 heteroatoms. The van der Waals surface area contributed by atoms with Gasteiger partial charge < -0.3 is 19.8 Å². The molecule has 3 aliphatic rings. The lowest BCUT2D eigenvalue weighted by Crippen LogP contribution is -2.84. The van der Waals surface area contributed by atoms with E-state index in [0.717, 1.165) is 12.3 Å². The van der Waals surface area contributed by atoms with Gasteiger partial charge in [0.2, 0.25) is 14.9 Å². The number of ether oxygens (including phenoxy) is 1. The van der Waals surface area contributed by atoms with Crippen molar-refractivity contribution in [2.24, 2.45) is 0 Å².